The van der Waals surface area contributed by atoms with Crippen molar-refractivity contribution in [1.29, 1.82) is 0 Å². The quantitative estimate of drug-likeness (QED) is 0.858. The van der Waals surface area contributed by atoms with E-state index in [2.05, 4.69) is 21.2 Å². The maximum absolute atomic E-state index is 13.8. The van der Waals surface area contributed by atoms with E-state index >= 15 is 0 Å². The Morgan fingerprint density at radius 1 is 1.24 bits per heavy atom. The van der Waals surface area contributed by atoms with Gasteiger partial charge in [0.1, 0.15) is 5.82 Å². The lowest BCUT2D eigenvalue weighted by Crippen LogP contribution is -2.17. The number of hydrogen-bond acceptors (Lipinski definition) is 2. The fourth-order valence-corrected chi connectivity index (χ4v) is 2.37. The van der Waals surface area contributed by atoms with Crippen molar-refractivity contribution in [2.45, 2.75) is 0 Å². The molecule has 0 saturated carbocycles. The minimum atomic E-state index is -0.588. The Hall–Kier alpha value is -1.59. The molecule has 3 nitrogen and oxygen atoms in total. The van der Waals surface area contributed by atoms with Gasteiger partial charge in [-0.3, -0.25) is 4.79 Å². The summed E-state index contributed by atoms with van der Waals surface area (Å²) in [7, 11) is 3.69. The average Bonchev–Trinajstić information content (AvgIpc) is 2.37. The maximum atomic E-state index is 13.8. The molecule has 0 aliphatic carbocycles. The predicted molar refractivity (Wildman–Crippen MR) is 87.8 cm³/mol. The number of carbonyl (C=O) groups excluding carboxylic acids is 1. The number of carbonyl (C=O) groups is 1. The highest BCUT2D eigenvalue weighted by Gasteiger charge is 2.14. The number of nitrogens with zero attached hydrogens (tertiary/aromatic N) is 1. The van der Waals surface area contributed by atoms with E-state index in [1.807, 2.05) is 19.0 Å². The van der Waals surface area contributed by atoms with Crippen molar-refractivity contribution >= 4 is 44.8 Å². The molecule has 6 heteroatoms. The Balaban J connectivity index is 2.33. The van der Waals surface area contributed by atoms with E-state index in [4.69, 9.17) is 11.6 Å². The second kappa shape index (κ2) is 6.45. The van der Waals surface area contributed by atoms with Gasteiger partial charge in [-0.05, 0) is 36.4 Å². The molecule has 0 spiro atoms. The molecule has 1 N–H and O–H groups in total. The molecular weight excluding hydrogens is 359 g/mol. The molecule has 0 radical (unpaired) electrons. The van der Waals surface area contributed by atoms with Crippen LogP contribution in [0.15, 0.2) is 40.9 Å². The summed E-state index contributed by atoms with van der Waals surface area (Å²) in [6, 6.07) is 9.44. The number of rotatable bonds is 3. The SMILES string of the molecule is CN(C)c1ccc(Cl)cc1NC(=O)c1ccc(Br)cc1F. The third-order valence-corrected chi connectivity index (χ3v) is 3.59. The van der Waals surface area contributed by atoms with Gasteiger partial charge in [0, 0.05) is 23.6 Å². The highest BCUT2D eigenvalue weighted by molar-refractivity contribution is 9.10. The Morgan fingerprint density at radius 3 is 2.57 bits per heavy atom. The fraction of sp³-hybridized carbons (Fsp3) is 0.133. The van der Waals surface area contributed by atoms with Gasteiger partial charge in [-0.25, -0.2) is 4.39 Å². The topological polar surface area (TPSA) is 32.3 Å². The zero-order chi connectivity index (χ0) is 15.6. The number of hydrogen-bond donors (Lipinski definition) is 1. The molecule has 21 heavy (non-hydrogen) atoms. The van der Waals surface area contributed by atoms with E-state index in [-0.39, 0.29) is 5.56 Å². The van der Waals surface area contributed by atoms with Crippen molar-refractivity contribution < 1.29 is 9.18 Å². The van der Waals surface area contributed by atoms with Crippen molar-refractivity contribution in [2.24, 2.45) is 0 Å². The van der Waals surface area contributed by atoms with E-state index in [0.29, 0.717) is 15.2 Å². The number of anilines is 2. The molecule has 0 fully saturated rings. The van der Waals surface area contributed by atoms with Crippen molar-refractivity contribution in [1.82, 2.24) is 0 Å². The molecule has 0 heterocycles. The van der Waals surface area contributed by atoms with Crippen LogP contribution in [0.4, 0.5) is 15.8 Å². The summed E-state index contributed by atoms with van der Waals surface area (Å²) in [5.41, 5.74) is 1.29. The minimum absolute atomic E-state index is 0.0251. The summed E-state index contributed by atoms with van der Waals surface area (Å²) in [4.78, 5) is 14.0. The minimum Gasteiger partial charge on any atom is -0.376 e. The second-order valence-corrected chi connectivity index (χ2v) is 5.99. The summed E-state index contributed by atoms with van der Waals surface area (Å²) < 4.78 is 14.4. The van der Waals surface area contributed by atoms with Gasteiger partial charge in [-0.2, -0.15) is 0 Å². The first-order valence-corrected chi connectivity index (χ1v) is 7.29. The third kappa shape index (κ3) is 3.74. The van der Waals surface area contributed by atoms with Gasteiger partial charge < -0.3 is 10.2 Å². The van der Waals surface area contributed by atoms with Crippen molar-refractivity contribution in [3.8, 4) is 0 Å². The van der Waals surface area contributed by atoms with Crippen LogP contribution in [0.2, 0.25) is 5.02 Å². The Morgan fingerprint density at radius 2 is 1.95 bits per heavy atom. The maximum Gasteiger partial charge on any atom is 0.258 e. The van der Waals surface area contributed by atoms with Crippen LogP contribution in [0.1, 0.15) is 10.4 Å². The first-order valence-electron chi connectivity index (χ1n) is 6.12. The molecule has 0 bridgehead atoms. The predicted octanol–water partition coefficient (Wildman–Crippen LogP) is 4.56. The molecule has 0 atom stereocenters. The van der Waals surface area contributed by atoms with Crippen LogP contribution in [0.5, 0.6) is 0 Å². The molecule has 1 amide bonds. The lowest BCUT2D eigenvalue weighted by atomic mass is 10.2. The molecule has 2 rings (SSSR count). The lowest BCUT2D eigenvalue weighted by Gasteiger charge is -2.18. The van der Waals surface area contributed by atoms with Gasteiger partial charge >= 0.3 is 0 Å². The highest BCUT2D eigenvalue weighted by Crippen LogP contribution is 2.28. The first kappa shape index (κ1) is 15.8. The van der Waals surface area contributed by atoms with E-state index in [1.165, 1.54) is 12.1 Å². The number of halogens is 3. The smallest absolute Gasteiger partial charge is 0.258 e. The molecule has 0 aliphatic heterocycles. The normalized spacial score (nSPS) is 10.3. The Labute approximate surface area is 135 Å². The van der Waals surface area contributed by atoms with Gasteiger partial charge in [0.2, 0.25) is 0 Å². The van der Waals surface area contributed by atoms with Crippen LogP contribution >= 0.6 is 27.5 Å². The third-order valence-electron chi connectivity index (χ3n) is 2.86. The van der Waals surface area contributed by atoms with Gasteiger partial charge in [0.15, 0.2) is 0 Å². The van der Waals surface area contributed by atoms with Gasteiger partial charge in [0.05, 0.1) is 16.9 Å². The molecule has 0 aromatic heterocycles. The molecule has 0 unspecified atom stereocenters. The van der Waals surface area contributed by atoms with Crippen LogP contribution in [0.25, 0.3) is 0 Å². The van der Waals surface area contributed by atoms with Gasteiger partial charge in [-0.1, -0.05) is 27.5 Å². The largest absolute Gasteiger partial charge is 0.376 e. The molecule has 2 aromatic carbocycles. The summed E-state index contributed by atoms with van der Waals surface area (Å²) in [5, 5.41) is 3.18. The van der Waals surface area contributed by atoms with Crippen LogP contribution in [-0.2, 0) is 0 Å². The van der Waals surface area contributed by atoms with Crippen molar-refractivity contribution in [2.75, 3.05) is 24.3 Å². The highest BCUT2D eigenvalue weighted by atomic mass is 79.9. The molecule has 0 aliphatic rings. The van der Waals surface area contributed by atoms with E-state index < -0.39 is 11.7 Å². The van der Waals surface area contributed by atoms with Crippen molar-refractivity contribution in [3.63, 3.8) is 0 Å². The van der Waals surface area contributed by atoms with E-state index in [0.717, 1.165) is 5.69 Å². The summed E-state index contributed by atoms with van der Waals surface area (Å²) in [5.74, 6) is -1.11. The van der Waals surface area contributed by atoms with Gasteiger partial charge in [-0.15, -0.1) is 0 Å². The van der Waals surface area contributed by atoms with Crippen LogP contribution in [-0.4, -0.2) is 20.0 Å². The standard InChI is InChI=1S/C15H13BrClFN2O/c1-20(2)14-6-4-10(17)8-13(14)19-15(21)11-5-3-9(16)7-12(11)18/h3-8H,1-2H3,(H,19,21). The molecule has 0 saturated heterocycles. The lowest BCUT2D eigenvalue weighted by molar-refractivity contribution is 0.102. The Bertz CT molecular complexity index is 691. The summed E-state index contributed by atoms with van der Waals surface area (Å²) in [6.07, 6.45) is 0. The van der Waals surface area contributed by atoms with Gasteiger partial charge in [0.25, 0.3) is 5.91 Å². The molecule has 2 aromatic rings. The number of amides is 1. The summed E-state index contributed by atoms with van der Waals surface area (Å²) >= 11 is 9.11. The van der Waals surface area contributed by atoms with E-state index in [1.54, 1.807) is 24.3 Å². The first-order chi connectivity index (χ1) is 9.88. The Kier molecular flexibility index (Phi) is 4.85. The zero-order valence-corrected chi connectivity index (χ0v) is 13.8. The monoisotopic (exact) mass is 370 g/mol. The van der Waals surface area contributed by atoms with Crippen LogP contribution < -0.4 is 10.2 Å². The molecular formula is C15H13BrClFN2O. The number of benzene rings is 2. The van der Waals surface area contributed by atoms with Crippen LogP contribution in [0, 0.1) is 5.82 Å². The van der Waals surface area contributed by atoms with Crippen molar-refractivity contribution in [3.05, 3.63) is 57.3 Å². The average molecular weight is 372 g/mol. The second-order valence-electron chi connectivity index (χ2n) is 4.63. The summed E-state index contributed by atoms with van der Waals surface area (Å²) in [6.45, 7) is 0. The van der Waals surface area contributed by atoms with Crippen LogP contribution in [0.3, 0.4) is 0 Å². The number of nitrogens with one attached hydrogen (secondary N) is 1. The fourth-order valence-electron chi connectivity index (χ4n) is 1.86. The van der Waals surface area contributed by atoms with E-state index in [9.17, 15) is 9.18 Å². The molecule has 110 valence electrons. The zero-order valence-electron chi connectivity index (χ0n) is 11.5.